The maximum absolute atomic E-state index is 13.1. The lowest BCUT2D eigenvalue weighted by Crippen LogP contribution is -2.30. The number of likely N-dealkylation sites (tertiary alicyclic amines) is 1. The molecule has 0 saturated carbocycles. The topological polar surface area (TPSA) is 46.3 Å². The molecular weight excluding hydrogens is 287 g/mol. The van der Waals surface area contributed by atoms with Gasteiger partial charge in [0.25, 0.3) is 5.91 Å². The van der Waals surface area contributed by atoms with E-state index >= 15 is 0 Å². The Morgan fingerprint density at radius 1 is 1.59 bits per heavy atom. The highest BCUT2D eigenvalue weighted by molar-refractivity contribution is 9.10. The summed E-state index contributed by atoms with van der Waals surface area (Å²) in [7, 11) is 0. The summed E-state index contributed by atoms with van der Waals surface area (Å²) >= 11 is 3.27. The Kier molecular flexibility index (Phi) is 3.79. The minimum atomic E-state index is -0.397. The van der Waals surface area contributed by atoms with Gasteiger partial charge in [-0.25, -0.2) is 4.39 Å². The lowest BCUT2D eigenvalue weighted by Gasteiger charge is -2.17. The molecule has 0 radical (unpaired) electrons. The van der Waals surface area contributed by atoms with Crippen LogP contribution in [-0.2, 0) is 0 Å². The number of hydrogen-bond donors (Lipinski definition) is 1. The molecule has 1 aromatic carbocycles. The molecule has 0 aromatic heterocycles. The van der Waals surface area contributed by atoms with Crippen molar-refractivity contribution in [2.75, 3.05) is 19.6 Å². The average molecular weight is 301 g/mol. The zero-order chi connectivity index (χ0) is 12.4. The molecule has 0 unspecified atom stereocenters. The van der Waals surface area contributed by atoms with E-state index in [2.05, 4.69) is 15.9 Å². The minimum absolute atomic E-state index is 0.132. The second kappa shape index (κ2) is 5.14. The largest absolute Gasteiger partial charge is 0.338 e. The van der Waals surface area contributed by atoms with Crippen LogP contribution in [0.4, 0.5) is 4.39 Å². The normalized spacial score (nSPS) is 19.7. The first-order valence-corrected chi connectivity index (χ1v) is 6.35. The number of nitrogens with zero attached hydrogens (tertiary/aromatic N) is 1. The number of carbonyl (C=O) groups excluding carboxylic acids is 1. The van der Waals surface area contributed by atoms with E-state index in [1.54, 1.807) is 11.0 Å². The van der Waals surface area contributed by atoms with Gasteiger partial charge in [0.1, 0.15) is 5.82 Å². The van der Waals surface area contributed by atoms with Crippen molar-refractivity contribution in [1.82, 2.24) is 4.90 Å². The van der Waals surface area contributed by atoms with Gasteiger partial charge in [0.05, 0.1) is 5.56 Å². The highest BCUT2D eigenvalue weighted by Crippen LogP contribution is 2.23. The number of amides is 1. The fourth-order valence-electron chi connectivity index (χ4n) is 2.04. The Morgan fingerprint density at radius 2 is 2.35 bits per heavy atom. The van der Waals surface area contributed by atoms with Crippen LogP contribution in [0.2, 0.25) is 0 Å². The molecule has 0 spiro atoms. The van der Waals surface area contributed by atoms with Gasteiger partial charge in [-0.1, -0.05) is 0 Å². The van der Waals surface area contributed by atoms with Gasteiger partial charge in [-0.3, -0.25) is 4.79 Å². The molecule has 2 rings (SSSR count). The molecule has 1 saturated heterocycles. The lowest BCUT2D eigenvalue weighted by molar-refractivity contribution is 0.0786. The number of benzene rings is 1. The van der Waals surface area contributed by atoms with Crippen LogP contribution in [0, 0.1) is 11.7 Å². The van der Waals surface area contributed by atoms with Crippen molar-refractivity contribution in [3.63, 3.8) is 0 Å². The summed E-state index contributed by atoms with van der Waals surface area (Å²) in [5, 5.41) is 0. The number of carbonyl (C=O) groups is 1. The van der Waals surface area contributed by atoms with Gasteiger partial charge in [0, 0.05) is 17.6 Å². The monoisotopic (exact) mass is 300 g/mol. The van der Waals surface area contributed by atoms with Crippen molar-refractivity contribution in [3.05, 3.63) is 34.1 Å². The summed E-state index contributed by atoms with van der Waals surface area (Å²) in [6.07, 6.45) is 0.926. The van der Waals surface area contributed by atoms with Gasteiger partial charge >= 0.3 is 0 Å². The second-order valence-electron chi connectivity index (χ2n) is 4.27. The second-order valence-corrected chi connectivity index (χ2v) is 5.12. The van der Waals surface area contributed by atoms with Gasteiger partial charge in [-0.2, -0.15) is 0 Å². The molecule has 92 valence electrons. The standard InChI is InChI=1S/C12H14BrFN2O/c13-11-2-1-9(14)5-10(11)12(17)16-4-3-8(6-15)7-16/h1-2,5,8H,3-4,6-7,15H2/t8-/m0/s1. The zero-order valence-corrected chi connectivity index (χ0v) is 10.9. The fourth-order valence-corrected chi connectivity index (χ4v) is 2.46. The van der Waals surface area contributed by atoms with Crippen LogP contribution in [-0.4, -0.2) is 30.4 Å². The minimum Gasteiger partial charge on any atom is -0.338 e. The summed E-state index contributed by atoms with van der Waals surface area (Å²) in [6, 6.07) is 4.15. The van der Waals surface area contributed by atoms with Crippen molar-refractivity contribution in [2.45, 2.75) is 6.42 Å². The predicted octanol–water partition coefficient (Wildman–Crippen LogP) is 2.01. The van der Waals surface area contributed by atoms with E-state index in [4.69, 9.17) is 5.73 Å². The molecule has 1 heterocycles. The maximum atomic E-state index is 13.1. The van der Waals surface area contributed by atoms with Crippen molar-refractivity contribution in [2.24, 2.45) is 11.7 Å². The quantitative estimate of drug-likeness (QED) is 0.908. The smallest absolute Gasteiger partial charge is 0.255 e. The summed E-state index contributed by atoms with van der Waals surface area (Å²) in [5.74, 6) is -0.162. The summed E-state index contributed by atoms with van der Waals surface area (Å²) in [4.78, 5) is 13.9. The third-order valence-corrected chi connectivity index (χ3v) is 3.76. The Hall–Kier alpha value is -0.940. The van der Waals surface area contributed by atoms with Gasteiger partial charge in [-0.05, 0) is 53.0 Å². The third-order valence-electron chi connectivity index (χ3n) is 3.07. The molecule has 1 aromatic rings. The van der Waals surface area contributed by atoms with Crippen LogP contribution in [0.25, 0.3) is 0 Å². The zero-order valence-electron chi connectivity index (χ0n) is 9.33. The Morgan fingerprint density at radius 3 is 3.00 bits per heavy atom. The molecule has 1 atom stereocenters. The fraction of sp³-hybridized carbons (Fsp3) is 0.417. The van der Waals surface area contributed by atoms with Crippen molar-refractivity contribution in [3.8, 4) is 0 Å². The number of hydrogen-bond acceptors (Lipinski definition) is 2. The molecule has 0 bridgehead atoms. The first-order valence-electron chi connectivity index (χ1n) is 5.56. The van der Waals surface area contributed by atoms with Crippen LogP contribution in [0.1, 0.15) is 16.8 Å². The highest BCUT2D eigenvalue weighted by Gasteiger charge is 2.27. The molecule has 5 heteroatoms. The van der Waals surface area contributed by atoms with Gasteiger partial charge < -0.3 is 10.6 Å². The summed E-state index contributed by atoms with van der Waals surface area (Å²) in [5.41, 5.74) is 5.96. The van der Waals surface area contributed by atoms with E-state index in [0.29, 0.717) is 35.6 Å². The number of rotatable bonds is 2. The van der Waals surface area contributed by atoms with Crippen molar-refractivity contribution in [1.29, 1.82) is 0 Å². The Labute approximate surface area is 108 Å². The van der Waals surface area contributed by atoms with E-state index < -0.39 is 5.82 Å². The van der Waals surface area contributed by atoms with E-state index in [-0.39, 0.29) is 5.91 Å². The molecule has 0 aliphatic carbocycles. The van der Waals surface area contributed by atoms with Gasteiger partial charge in [-0.15, -0.1) is 0 Å². The highest BCUT2D eigenvalue weighted by atomic mass is 79.9. The first kappa shape index (κ1) is 12.5. The van der Waals surface area contributed by atoms with Gasteiger partial charge in [0.2, 0.25) is 0 Å². The van der Waals surface area contributed by atoms with Crippen LogP contribution in [0.15, 0.2) is 22.7 Å². The van der Waals surface area contributed by atoms with Crippen molar-refractivity contribution < 1.29 is 9.18 Å². The van der Waals surface area contributed by atoms with Crippen LogP contribution >= 0.6 is 15.9 Å². The van der Waals surface area contributed by atoms with Gasteiger partial charge in [0.15, 0.2) is 0 Å². The van der Waals surface area contributed by atoms with E-state index in [0.717, 1.165) is 6.42 Å². The SMILES string of the molecule is NC[C@@H]1CCN(C(=O)c2cc(F)ccc2Br)C1. The average Bonchev–Trinajstić information content (AvgIpc) is 2.80. The van der Waals surface area contributed by atoms with Crippen molar-refractivity contribution >= 4 is 21.8 Å². The molecule has 1 amide bonds. The van der Waals surface area contributed by atoms with E-state index in [1.165, 1.54) is 12.1 Å². The molecular formula is C12H14BrFN2O. The molecule has 17 heavy (non-hydrogen) atoms. The van der Waals surface area contributed by atoms with Crippen LogP contribution in [0.3, 0.4) is 0 Å². The lowest BCUT2D eigenvalue weighted by atomic mass is 10.1. The van der Waals surface area contributed by atoms with Crippen LogP contribution < -0.4 is 5.73 Å². The molecule has 1 aliphatic rings. The third kappa shape index (κ3) is 2.66. The molecule has 3 nitrogen and oxygen atoms in total. The van der Waals surface area contributed by atoms with E-state index in [1.807, 2.05) is 0 Å². The number of nitrogens with two attached hydrogens (primary N) is 1. The van der Waals surface area contributed by atoms with Crippen LogP contribution in [0.5, 0.6) is 0 Å². The molecule has 1 fully saturated rings. The Bertz CT molecular complexity index is 439. The summed E-state index contributed by atoms with van der Waals surface area (Å²) in [6.45, 7) is 1.95. The molecule has 2 N–H and O–H groups in total. The maximum Gasteiger partial charge on any atom is 0.255 e. The predicted molar refractivity (Wildman–Crippen MR) is 67.2 cm³/mol. The summed E-state index contributed by atoms with van der Waals surface area (Å²) < 4.78 is 13.8. The molecule has 1 aliphatic heterocycles. The number of halogens is 2. The first-order chi connectivity index (χ1) is 8.11. The van der Waals surface area contributed by atoms with E-state index in [9.17, 15) is 9.18 Å². The Balaban J connectivity index is 2.17.